The minimum atomic E-state index is -3.83. The molecule has 1 amide bonds. The van der Waals surface area contributed by atoms with Crippen molar-refractivity contribution in [1.82, 2.24) is 10.2 Å². The van der Waals surface area contributed by atoms with Crippen LogP contribution in [0.2, 0.25) is 0 Å². The highest BCUT2D eigenvalue weighted by atomic mass is 32.2. The van der Waals surface area contributed by atoms with Crippen molar-refractivity contribution in [2.75, 3.05) is 24.4 Å². The number of carbonyl (C=O) groups excluding carboxylic acids is 1. The van der Waals surface area contributed by atoms with Crippen molar-refractivity contribution in [1.29, 1.82) is 0 Å². The Morgan fingerprint density at radius 2 is 1.68 bits per heavy atom. The average molecular weight is 448 g/mol. The smallest absolute Gasteiger partial charge is 0.261 e. The van der Waals surface area contributed by atoms with Gasteiger partial charge in [-0.2, -0.15) is 0 Å². The highest BCUT2D eigenvalue weighted by Crippen LogP contribution is 2.20. The van der Waals surface area contributed by atoms with Crippen LogP contribution in [-0.2, 0) is 10.0 Å². The molecule has 0 fully saturated rings. The molecule has 0 spiro atoms. The van der Waals surface area contributed by atoms with Gasteiger partial charge in [0.1, 0.15) is 5.75 Å². The second-order valence-electron chi connectivity index (χ2n) is 7.77. The normalized spacial score (nSPS) is 11.7. The fraction of sp³-hybridized carbons (Fsp3) is 0.435. The molecule has 0 radical (unpaired) electrons. The number of amides is 1. The Balaban J connectivity index is 2.04. The van der Waals surface area contributed by atoms with Crippen molar-refractivity contribution in [3.63, 3.8) is 0 Å². The summed E-state index contributed by atoms with van der Waals surface area (Å²) < 4.78 is 33.4. The minimum Gasteiger partial charge on any atom is -0.494 e. The number of carbonyl (C=O) groups is 1. The lowest BCUT2D eigenvalue weighted by Gasteiger charge is -2.30. The number of nitrogens with one attached hydrogen (secondary N) is 2. The summed E-state index contributed by atoms with van der Waals surface area (Å²) in [6.45, 7) is 12.1. The van der Waals surface area contributed by atoms with E-state index < -0.39 is 10.0 Å². The first kappa shape index (κ1) is 24.7. The third-order valence-corrected chi connectivity index (χ3v) is 6.19. The number of hydrogen-bond donors (Lipinski definition) is 2. The fourth-order valence-electron chi connectivity index (χ4n) is 3.32. The van der Waals surface area contributed by atoms with E-state index in [-0.39, 0.29) is 10.8 Å². The highest BCUT2D eigenvalue weighted by Gasteiger charge is 2.17. The van der Waals surface area contributed by atoms with Crippen molar-refractivity contribution < 1.29 is 17.9 Å². The Morgan fingerprint density at radius 3 is 2.26 bits per heavy atom. The van der Waals surface area contributed by atoms with Crippen LogP contribution in [0.4, 0.5) is 5.69 Å². The van der Waals surface area contributed by atoms with E-state index in [0.29, 0.717) is 42.2 Å². The van der Waals surface area contributed by atoms with Gasteiger partial charge in [-0.15, -0.1) is 0 Å². The lowest BCUT2D eigenvalue weighted by atomic mass is 10.2. The molecule has 0 saturated heterocycles. The van der Waals surface area contributed by atoms with E-state index in [1.165, 1.54) is 12.1 Å². The summed E-state index contributed by atoms with van der Waals surface area (Å²) in [6, 6.07) is 13.4. The van der Waals surface area contributed by atoms with Crippen LogP contribution in [0.1, 0.15) is 45.0 Å². The summed E-state index contributed by atoms with van der Waals surface area (Å²) in [5, 5.41) is 2.88. The van der Waals surface area contributed by atoms with E-state index in [0.717, 1.165) is 6.54 Å². The molecule has 0 aliphatic heterocycles. The molecule has 0 aromatic heterocycles. The summed E-state index contributed by atoms with van der Waals surface area (Å²) in [6.07, 6.45) is 0. The van der Waals surface area contributed by atoms with E-state index in [9.17, 15) is 13.2 Å². The maximum atomic E-state index is 12.8. The summed E-state index contributed by atoms with van der Waals surface area (Å²) in [5.41, 5.74) is 0.719. The van der Waals surface area contributed by atoms with Gasteiger partial charge in [-0.25, -0.2) is 8.42 Å². The number of hydrogen-bond acceptors (Lipinski definition) is 5. The van der Waals surface area contributed by atoms with Gasteiger partial charge >= 0.3 is 0 Å². The number of nitrogens with zero attached hydrogens (tertiary/aromatic N) is 1. The van der Waals surface area contributed by atoms with Gasteiger partial charge in [0.25, 0.3) is 15.9 Å². The van der Waals surface area contributed by atoms with E-state index in [2.05, 4.69) is 42.6 Å². The minimum absolute atomic E-state index is 0.0278. The number of sulfonamides is 1. The summed E-state index contributed by atoms with van der Waals surface area (Å²) in [7, 11) is -3.83. The maximum absolute atomic E-state index is 12.8. The predicted octanol–water partition coefficient (Wildman–Crippen LogP) is 3.73. The molecule has 2 aromatic rings. The highest BCUT2D eigenvalue weighted by molar-refractivity contribution is 7.92. The number of anilines is 1. The molecule has 0 aliphatic carbocycles. The molecule has 0 heterocycles. The molecule has 0 bridgehead atoms. The quantitative estimate of drug-likeness (QED) is 0.548. The standard InChI is InChI=1S/C23H33N3O4S/c1-6-30-21-12-10-20(11-13-21)25-31(28,29)22-9-7-8-19(16-22)23(27)24-14-15-26(17(2)3)18(4)5/h7-13,16-18,25H,6,14-15H2,1-5H3,(H,24,27). The van der Waals surface area contributed by atoms with Gasteiger partial charge < -0.3 is 10.1 Å². The van der Waals surface area contributed by atoms with Gasteiger partial charge in [0, 0.05) is 36.4 Å². The second-order valence-corrected chi connectivity index (χ2v) is 9.45. The first-order valence-electron chi connectivity index (χ1n) is 10.5. The van der Waals surface area contributed by atoms with E-state index >= 15 is 0 Å². The predicted molar refractivity (Wildman–Crippen MR) is 124 cm³/mol. The zero-order valence-electron chi connectivity index (χ0n) is 18.9. The SMILES string of the molecule is CCOc1ccc(NS(=O)(=O)c2cccc(C(=O)NCCN(C(C)C)C(C)C)c2)cc1. The number of ether oxygens (including phenoxy) is 1. The van der Waals surface area contributed by atoms with Crippen LogP contribution in [0.25, 0.3) is 0 Å². The van der Waals surface area contributed by atoms with Crippen LogP contribution >= 0.6 is 0 Å². The summed E-state index contributed by atoms with van der Waals surface area (Å²) in [4.78, 5) is 14.9. The largest absolute Gasteiger partial charge is 0.494 e. The zero-order chi connectivity index (χ0) is 23.0. The Hall–Kier alpha value is -2.58. The molecule has 0 atom stereocenters. The van der Waals surface area contributed by atoms with Gasteiger partial charge in [-0.05, 0) is 77.1 Å². The van der Waals surface area contributed by atoms with Crippen molar-refractivity contribution in [2.24, 2.45) is 0 Å². The van der Waals surface area contributed by atoms with Crippen LogP contribution in [0.5, 0.6) is 5.75 Å². The third-order valence-electron chi connectivity index (χ3n) is 4.81. The lowest BCUT2D eigenvalue weighted by Crippen LogP contribution is -2.42. The first-order chi connectivity index (χ1) is 14.6. The van der Waals surface area contributed by atoms with Crippen LogP contribution in [-0.4, -0.2) is 51.0 Å². The van der Waals surface area contributed by atoms with Gasteiger partial charge in [0.15, 0.2) is 0 Å². The maximum Gasteiger partial charge on any atom is 0.261 e. The van der Waals surface area contributed by atoms with E-state index in [4.69, 9.17) is 4.74 Å². The first-order valence-corrected chi connectivity index (χ1v) is 12.0. The van der Waals surface area contributed by atoms with Crippen molar-refractivity contribution in [3.05, 3.63) is 54.1 Å². The molecule has 0 aliphatic rings. The van der Waals surface area contributed by atoms with Gasteiger partial charge in [-0.1, -0.05) is 6.07 Å². The summed E-state index contributed by atoms with van der Waals surface area (Å²) >= 11 is 0. The molecular formula is C23H33N3O4S. The van der Waals surface area contributed by atoms with Crippen LogP contribution in [0, 0.1) is 0 Å². The molecule has 0 unspecified atom stereocenters. The Morgan fingerprint density at radius 1 is 1.03 bits per heavy atom. The van der Waals surface area contributed by atoms with Gasteiger partial charge in [-0.3, -0.25) is 14.4 Å². The average Bonchev–Trinajstić information content (AvgIpc) is 2.72. The molecule has 2 aromatic carbocycles. The van der Waals surface area contributed by atoms with Crippen LogP contribution in [0.15, 0.2) is 53.4 Å². The van der Waals surface area contributed by atoms with Gasteiger partial charge in [0.05, 0.1) is 11.5 Å². The van der Waals surface area contributed by atoms with Crippen molar-refractivity contribution in [3.8, 4) is 5.75 Å². The number of rotatable bonds is 11. The zero-order valence-corrected chi connectivity index (χ0v) is 19.7. The molecule has 2 N–H and O–H groups in total. The van der Waals surface area contributed by atoms with Crippen LogP contribution in [0.3, 0.4) is 0 Å². The van der Waals surface area contributed by atoms with Crippen molar-refractivity contribution in [2.45, 2.75) is 51.6 Å². The monoisotopic (exact) mass is 447 g/mol. The molecular weight excluding hydrogens is 414 g/mol. The van der Waals surface area contributed by atoms with Crippen molar-refractivity contribution >= 4 is 21.6 Å². The fourth-order valence-corrected chi connectivity index (χ4v) is 4.42. The summed E-state index contributed by atoms with van der Waals surface area (Å²) in [5.74, 6) is 0.364. The van der Waals surface area contributed by atoms with E-state index in [1.54, 1.807) is 36.4 Å². The molecule has 170 valence electrons. The number of benzene rings is 2. The second kappa shape index (κ2) is 11.2. The molecule has 7 nitrogen and oxygen atoms in total. The topological polar surface area (TPSA) is 87.7 Å². The molecule has 8 heteroatoms. The third kappa shape index (κ3) is 7.25. The van der Waals surface area contributed by atoms with Crippen LogP contribution < -0.4 is 14.8 Å². The molecule has 0 saturated carbocycles. The Bertz CT molecular complexity index is 949. The Labute approximate surface area is 185 Å². The van der Waals surface area contributed by atoms with E-state index in [1.807, 2.05) is 6.92 Å². The lowest BCUT2D eigenvalue weighted by molar-refractivity contribution is 0.0939. The van der Waals surface area contributed by atoms with Gasteiger partial charge in [0.2, 0.25) is 0 Å². The molecule has 2 rings (SSSR count). The Kier molecular flexibility index (Phi) is 8.88. The molecule has 31 heavy (non-hydrogen) atoms.